The number of aromatic nitrogens is 4. The number of aryl methyl sites for hydroxylation is 1. The summed E-state index contributed by atoms with van der Waals surface area (Å²) in [7, 11) is 1.81. The first-order valence-corrected chi connectivity index (χ1v) is 11.4. The van der Waals surface area contributed by atoms with Crippen LogP contribution in [0, 0.1) is 0 Å². The number of benzene rings is 1. The van der Waals surface area contributed by atoms with E-state index in [2.05, 4.69) is 25.6 Å². The van der Waals surface area contributed by atoms with Gasteiger partial charge in [-0.1, -0.05) is 6.07 Å². The molecule has 0 bridgehead atoms. The summed E-state index contributed by atoms with van der Waals surface area (Å²) in [6.45, 7) is 1.33. The number of imidazole rings is 1. The van der Waals surface area contributed by atoms with Crippen LogP contribution in [0.3, 0.4) is 0 Å². The van der Waals surface area contributed by atoms with Gasteiger partial charge >= 0.3 is 6.18 Å². The van der Waals surface area contributed by atoms with E-state index in [1.165, 1.54) is 6.92 Å². The predicted molar refractivity (Wildman–Crippen MR) is 132 cm³/mol. The molecule has 2 N–H and O–H groups in total. The molecule has 0 aliphatic heterocycles. The lowest BCUT2D eigenvalue weighted by molar-refractivity contribution is -0.137. The third-order valence-corrected chi connectivity index (χ3v) is 5.30. The Bertz CT molecular complexity index is 1420. The molecule has 9 nitrogen and oxygen atoms in total. The third-order valence-electron chi connectivity index (χ3n) is 5.30. The highest BCUT2D eigenvalue weighted by atomic mass is 19.4. The Hall–Kier alpha value is -4.74. The van der Waals surface area contributed by atoms with E-state index < -0.39 is 23.7 Å². The number of nitrogens with zero attached hydrogens (tertiary/aromatic N) is 4. The predicted octanol–water partition coefficient (Wildman–Crippen LogP) is 4.37. The van der Waals surface area contributed by atoms with Crippen LogP contribution in [-0.4, -0.2) is 37.4 Å². The molecule has 2 amide bonds. The Labute approximate surface area is 215 Å². The van der Waals surface area contributed by atoms with Crippen LogP contribution in [0.25, 0.3) is 11.3 Å². The highest BCUT2D eigenvalue weighted by Crippen LogP contribution is 2.30. The van der Waals surface area contributed by atoms with Crippen molar-refractivity contribution < 1.29 is 27.5 Å². The molecular weight excluding hydrogens is 501 g/mol. The van der Waals surface area contributed by atoms with Crippen LogP contribution in [0.15, 0.2) is 73.3 Å². The van der Waals surface area contributed by atoms with Crippen molar-refractivity contribution in [3.8, 4) is 22.9 Å². The Morgan fingerprint density at radius 2 is 1.82 bits per heavy atom. The van der Waals surface area contributed by atoms with Crippen LogP contribution in [0.2, 0.25) is 0 Å². The van der Waals surface area contributed by atoms with E-state index in [9.17, 15) is 22.8 Å². The second-order valence-corrected chi connectivity index (χ2v) is 8.39. The van der Waals surface area contributed by atoms with Gasteiger partial charge in [0.25, 0.3) is 0 Å². The zero-order chi connectivity index (χ0) is 27.3. The first-order valence-electron chi connectivity index (χ1n) is 11.4. The fourth-order valence-electron chi connectivity index (χ4n) is 3.54. The van der Waals surface area contributed by atoms with Gasteiger partial charge in [-0.3, -0.25) is 9.59 Å². The molecule has 196 valence electrons. The van der Waals surface area contributed by atoms with Gasteiger partial charge < -0.3 is 19.9 Å². The zero-order valence-electron chi connectivity index (χ0n) is 20.4. The molecule has 1 aromatic carbocycles. The number of halogens is 3. The number of nitrogens with one attached hydrogen (secondary N) is 2. The van der Waals surface area contributed by atoms with Crippen molar-refractivity contribution in [2.24, 2.45) is 7.05 Å². The number of carbonyl (C=O) groups is 2. The highest BCUT2D eigenvalue weighted by Gasteiger charge is 2.30. The summed E-state index contributed by atoms with van der Waals surface area (Å²) < 4.78 is 45.4. The van der Waals surface area contributed by atoms with Gasteiger partial charge in [0.05, 0.1) is 23.3 Å². The lowest BCUT2D eigenvalue weighted by Gasteiger charge is -2.16. The van der Waals surface area contributed by atoms with Crippen LogP contribution in [0.5, 0.6) is 11.6 Å². The van der Waals surface area contributed by atoms with Crippen molar-refractivity contribution in [2.75, 3.05) is 5.32 Å². The van der Waals surface area contributed by atoms with E-state index >= 15 is 0 Å². The minimum Gasteiger partial charge on any atom is -0.439 e. The summed E-state index contributed by atoms with van der Waals surface area (Å²) in [6, 6.07) is 13.0. The van der Waals surface area contributed by atoms with Crippen LogP contribution < -0.4 is 15.4 Å². The molecule has 3 aromatic heterocycles. The molecule has 0 aliphatic carbocycles. The van der Waals surface area contributed by atoms with Gasteiger partial charge in [-0.05, 0) is 42.5 Å². The van der Waals surface area contributed by atoms with Crippen molar-refractivity contribution in [2.45, 2.75) is 25.6 Å². The summed E-state index contributed by atoms with van der Waals surface area (Å²) in [4.78, 5) is 36.9. The number of hydrogen-bond donors (Lipinski definition) is 2. The molecule has 0 spiro atoms. The molecular formula is C26H23F3N6O3. The number of rotatable bonds is 8. The van der Waals surface area contributed by atoms with Gasteiger partial charge in [0.1, 0.15) is 17.6 Å². The molecule has 0 saturated carbocycles. The van der Waals surface area contributed by atoms with Crippen molar-refractivity contribution >= 4 is 17.6 Å². The van der Waals surface area contributed by atoms with Gasteiger partial charge in [-0.15, -0.1) is 0 Å². The smallest absolute Gasteiger partial charge is 0.417 e. The number of pyridine rings is 2. The van der Waals surface area contributed by atoms with E-state index in [1.807, 2.05) is 7.05 Å². The fourth-order valence-corrected chi connectivity index (χ4v) is 3.54. The van der Waals surface area contributed by atoms with E-state index in [4.69, 9.17) is 4.74 Å². The van der Waals surface area contributed by atoms with Gasteiger partial charge in [0.15, 0.2) is 0 Å². The number of anilines is 1. The number of hydrogen-bond acceptors (Lipinski definition) is 6. The standard InChI is InChI=1S/C26H23F3N6O3/c1-16(36)32-22(12-19-14-35(2)15-31-19)25(37)34-23-5-3-4-21(33-23)17-6-9-20(10-7-17)38-24-11-8-18(13-30-24)26(27,28)29/h3-11,13-15,22H,12H2,1-2H3,(H,32,36)(H,33,34,37). The van der Waals surface area contributed by atoms with E-state index in [0.29, 0.717) is 28.9 Å². The van der Waals surface area contributed by atoms with Crippen LogP contribution in [0.4, 0.5) is 19.0 Å². The van der Waals surface area contributed by atoms with Crippen molar-refractivity contribution in [1.82, 2.24) is 24.8 Å². The average molecular weight is 525 g/mol. The maximum Gasteiger partial charge on any atom is 0.417 e. The summed E-state index contributed by atoms with van der Waals surface area (Å²) >= 11 is 0. The summed E-state index contributed by atoms with van der Waals surface area (Å²) in [5.74, 6) is -0.107. The van der Waals surface area contributed by atoms with Gasteiger partial charge in [0.2, 0.25) is 17.7 Å². The Morgan fingerprint density at radius 1 is 1.05 bits per heavy atom. The third kappa shape index (κ3) is 6.93. The first-order chi connectivity index (χ1) is 18.1. The number of carbonyl (C=O) groups excluding carboxylic acids is 2. The van der Waals surface area contributed by atoms with Crippen molar-refractivity contribution in [1.29, 1.82) is 0 Å². The molecule has 0 radical (unpaired) electrons. The van der Waals surface area contributed by atoms with E-state index in [1.54, 1.807) is 59.6 Å². The number of alkyl halides is 3. The molecule has 4 rings (SSSR count). The van der Waals surface area contributed by atoms with Gasteiger partial charge in [0, 0.05) is 44.4 Å². The number of ether oxygens (including phenoxy) is 1. The van der Waals surface area contributed by atoms with Crippen LogP contribution in [0.1, 0.15) is 18.2 Å². The SMILES string of the molecule is CC(=O)NC(Cc1cn(C)cn1)C(=O)Nc1cccc(-c2ccc(Oc3ccc(C(F)(F)F)cn3)cc2)n1. The maximum atomic E-state index is 12.9. The minimum absolute atomic E-state index is 0.0213. The Kier molecular flexibility index (Phi) is 7.70. The molecule has 0 saturated heterocycles. The maximum absolute atomic E-state index is 12.9. The monoisotopic (exact) mass is 524 g/mol. The molecule has 0 fully saturated rings. The minimum atomic E-state index is -4.47. The summed E-state index contributed by atoms with van der Waals surface area (Å²) in [6.07, 6.45) is -0.180. The van der Waals surface area contributed by atoms with Crippen LogP contribution >= 0.6 is 0 Å². The lowest BCUT2D eigenvalue weighted by Crippen LogP contribution is -2.44. The topological polar surface area (TPSA) is 111 Å². The zero-order valence-corrected chi connectivity index (χ0v) is 20.4. The molecule has 1 unspecified atom stereocenters. The molecule has 4 aromatic rings. The normalized spacial score (nSPS) is 12.0. The largest absolute Gasteiger partial charge is 0.439 e. The fraction of sp³-hybridized carbons (Fsp3) is 0.192. The lowest BCUT2D eigenvalue weighted by atomic mass is 10.1. The van der Waals surface area contributed by atoms with E-state index in [-0.39, 0.29) is 24.0 Å². The summed E-state index contributed by atoms with van der Waals surface area (Å²) in [5.41, 5.74) is 1.05. The summed E-state index contributed by atoms with van der Waals surface area (Å²) in [5, 5.41) is 5.37. The molecule has 38 heavy (non-hydrogen) atoms. The second kappa shape index (κ2) is 11.1. The van der Waals surface area contributed by atoms with E-state index in [0.717, 1.165) is 12.1 Å². The molecule has 3 heterocycles. The number of amides is 2. The first kappa shape index (κ1) is 26.3. The quantitative estimate of drug-likeness (QED) is 0.354. The second-order valence-electron chi connectivity index (χ2n) is 8.39. The molecule has 1 atom stereocenters. The van der Waals surface area contributed by atoms with Crippen molar-refractivity contribution in [3.63, 3.8) is 0 Å². The Morgan fingerprint density at radius 3 is 2.42 bits per heavy atom. The molecule has 12 heteroatoms. The van der Waals surface area contributed by atoms with Crippen molar-refractivity contribution in [3.05, 3.63) is 84.6 Å². The average Bonchev–Trinajstić information content (AvgIpc) is 3.28. The Balaban J connectivity index is 1.43. The molecule has 0 aliphatic rings. The van der Waals surface area contributed by atoms with Crippen LogP contribution in [-0.2, 0) is 29.2 Å². The van der Waals surface area contributed by atoms with Gasteiger partial charge in [-0.25, -0.2) is 15.0 Å². The highest BCUT2D eigenvalue weighted by molar-refractivity contribution is 5.96. The van der Waals surface area contributed by atoms with Gasteiger partial charge in [-0.2, -0.15) is 13.2 Å².